The van der Waals surface area contributed by atoms with Crippen molar-refractivity contribution < 1.29 is 4.39 Å². The molecule has 106 valence electrons. The molecule has 0 atom stereocenters. The van der Waals surface area contributed by atoms with Gasteiger partial charge in [0.2, 0.25) is 0 Å². The standard InChI is InChI=1S/C15H10BrClFN3/c1-9-4-2-6-11(20-9)15-19-8-13(16)21(15)12-7-3-5-10(17)14(12)18/h2-8H,1H3. The smallest absolute Gasteiger partial charge is 0.165 e. The average molecular weight is 367 g/mol. The van der Waals surface area contributed by atoms with Crippen molar-refractivity contribution in [2.45, 2.75) is 6.92 Å². The monoisotopic (exact) mass is 365 g/mol. The van der Waals surface area contributed by atoms with E-state index in [1.165, 1.54) is 6.07 Å². The SMILES string of the molecule is Cc1cccc(-c2ncc(Br)n2-c2cccc(Cl)c2F)n1. The molecule has 0 aliphatic rings. The fourth-order valence-corrected chi connectivity index (χ4v) is 2.70. The first-order valence-electron chi connectivity index (χ1n) is 6.19. The van der Waals surface area contributed by atoms with E-state index in [-0.39, 0.29) is 5.02 Å². The number of halogens is 3. The molecule has 0 aliphatic carbocycles. The summed E-state index contributed by atoms with van der Waals surface area (Å²) < 4.78 is 16.6. The van der Waals surface area contributed by atoms with Crippen molar-refractivity contribution in [3.63, 3.8) is 0 Å². The predicted octanol–water partition coefficient (Wildman–Crippen LogP) is 4.80. The zero-order valence-electron chi connectivity index (χ0n) is 11.0. The highest BCUT2D eigenvalue weighted by Crippen LogP contribution is 2.29. The number of rotatable bonds is 2. The van der Waals surface area contributed by atoms with Crippen LogP contribution in [0.15, 0.2) is 47.2 Å². The average Bonchev–Trinajstić information content (AvgIpc) is 2.84. The van der Waals surface area contributed by atoms with Crippen molar-refractivity contribution >= 4 is 27.5 Å². The topological polar surface area (TPSA) is 30.7 Å². The van der Waals surface area contributed by atoms with Gasteiger partial charge in [-0.3, -0.25) is 4.57 Å². The van der Waals surface area contributed by atoms with Gasteiger partial charge in [-0.1, -0.05) is 23.7 Å². The maximum absolute atomic E-state index is 14.3. The summed E-state index contributed by atoms with van der Waals surface area (Å²) in [6, 6.07) is 10.5. The maximum Gasteiger partial charge on any atom is 0.165 e. The lowest BCUT2D eigenvalue weighted by Gasteiger charge is -2.11. The summed E-state index contributed by atoms with van der Waals surface area (Å²) >= 11 is 9.26. The van der Waals surface area contributed by atoms with E-state index in [0.29, 0.717) is 21.8 Å². The first kappa shape index (κ1) is 14.2. The van der Waals surface area contributed by atoms with Crippen molar-refractivity contribution in [1.82, 2.24) is 14.5 Å². The van der Waals surface area contributed by atoms with Gasteiger partial charge in [0.05, 0.1) is 16.9 Å². The molecular formula is C15H10BrClFN3. The van der Waals surface area contributed by atoms with E-state index in [9.17, 15) is 4.39 Å². The Morgan fingerprint density at radius 1 is 1.19 bits per heavy atom. The van der Waals surface area contributed by atoms with Gasteiger partial charge in [-0.05, 0) is 47.1 Å². The van der Waals surface area contributed by atoms with Crippen molar-refractivity contribution in [2.24, 2.45) is 0 Å². The van der Waals surface area contributed by atoms with Crippen molar-refractivity contribution in [2.75, 3.05) is 0 Å². The highest BCUT2D eigenvalue weighted by Gasteiger charge is 2.17. The summed E-state index contributed by atoms with van der Waals surface area (Å²) in [5.41, 5.74) is 1.86. The summed E-state index contributed by atoms with van der Waals surface area (Å²) in [5, 5.41) is 0.0660. The quantitative estimate of drug-likeness (QED) is 0.652. The van der Waals surface area contributed by atoms with Gasteiger partial charge >= 0.3 is 0 Å². The largest absolute Gasteiger partial charge is 0.282 e. The zero-order chi connectivity index (χ0) is 15.0. The molecule has 0 saturated carbocycles. The molecule has 0 amide bonds. The minimum atomic E-state index is -0.494. The van der Waals surface area contributed by atoms with Crippen LogP contribution in [0.25, 0.3) is 17.2 Å². The second-order valence-corrected chi connectivity index (χ2v) is 5.70. The number of aryl methyl sites for hydroxylation is 1. The molecule has 3 aromatic rings. The molecule has 0 bridgehead atoms. The molecule has 0 aliphatic heterocycles. The van der Waals surface area contributed by atoms with Gasteiger partial charge < -0.3 is 0 Å². The number of aromatic nitrogens is 3. The molecule has 21 heavy (non-hydrogen) atoms. The molecule has 2 aromatic heterocycles. The molecule has 0 fully saturated rings. The van der Waals surface area contributed by atoms with Crippen molar-refractivity contribution in [3.8, 4) is 17.2 Å². The van der Waals surface area contributed by atoms with Crippen LogP contribution in [0, 0.1) is 12.7 Å². The van der Waals surface area contributed by atoms with Crippen LogP contribution in [0.4, 0.5) is 4.39 Å². The molecule has 1 aromatic carbocycles. The van der Waals surface area contributed by atoms with E-state index >= 15 is 0 Å². The number of hydrogen-bond acceptors (Lipinski definition) is 2. The van der Waals surface area contributed by atoms with Gasteiger partial charge in [0, 0.05) is 5.69 Å². The Bertz CT molecular complexity index is 816. The third kappa shape index (κ3) is 2.59. The lowest BCUT2D eigenvalue weighted by Crippen LogP contribution is -2.02. The Balaban J connectivity index is 2.25. The lowest BCUT2D eigenvalue weighted by atomic mass is 10.2. The normalized spacial score (nSPS) is 10.9. The van der Waals surface area contributed by atoms with E-state index in [1.54, 1.807) is 22.9 Å². The van der Waals surface area contributed by atoms with E-state index in [0.717, 1.165) is 5.69 Å². The lowest BCUT2D eigenvalue weighted by molar-refractivity contribution is 0.618. The van der Waals surface area contributed by atoms with Crippen LogP contribution in [-0.2, 0) is 0 Å². The molecule has 3 nitrogen and oxygen atoms in total. The number of nitrogens with zero attached hydrogens (tertiary/aromatic N) is 3. The van der Waals surface area contributed by atoms with Crippen molar-refractivity contribution in [1.29, 1.82) is 0 Å². The van der Waals surface area contributed by atoms with Gasteiger partial charge in [-0.25, -0.2) is 14.4 Å². The van der Waals surface area contributed by atoms with Crippen LogP contribution in [-0.4, -0.2) is 14.5 Å². The number of hydrogen-bond donors (Lipinski definition) is 0. The van der Waals surface area contributed by atoms with Gasteiger partial charge in [0.15, 0.2) is 11.6 Å². The van der Waals surface area contributed by atoms with Gasteiger partial charge in [0.1, 0.15) is 10.3 Å². The Morgan fingerprint density at radius 3 is 2.71 bits per heavy atom. The van der Waals surface area contributed by atoms with E-state index in [4.69, 9.17) is 11.6 Å². The molecule has 0 radical (unpaired) electrons. The second-order valence-electron chi connectivity index (χ2n) is 4.48. The second kappa shape index (κ2) is 5.58. The highest BCUT2D eigenvalue weighted by molar-refractivity contribution is 9.10. The van der Waals surface area contributed by atoms with E-state index in [1.807, 2.05) is 25.1 Å². The van der Waals surface area contributed by atoms with Crippen LogP contribution in [0.1, 0.15) is 5.69 Å². The molecular weight excluding hydrogens is 357 g/mol. The summed E-state index contributed by atoms with van der Waals surface area (Å²) in [7, 11) is 0. The highest BCUT2D eigenvalue weighted by atomic mass is 79.9. The minimum absolute atomic E-state index is 0.0660. The van der Waals surface area contributed by atoms with E-state index in [2.05, 4.69) is 25.9 Å². The molecule has 0 unspecified atom stereocenters. The fourth-order valence-electron chi connectivity index (χ4n) is 2.07. The Labute approximate surface area is 134 Å². The summed E-state index contributed by atoms with van der Waals surface area (Å²) in [6.07, 6.45) is 1.61. The zero-order valence-corrected chi connectivity index (χ0v) is 13.4. The molecule has 6 heteroatoms. The summed E-state index contributed by atoms with van der Waals surface area (Å²) in [4.78, 5) is 8.75. The molecule has 2 heterocycles. The molecule has 3 rings (SSSR count). The first-order valence-corrected chi connectivity index (χ1v) is 7.36. The maximum atomic E-state index is 14.3. The van der Waals surface area contributed by atoms with Crippen LogP contribution < -0.4 is 0 Å². The number of pyridine rings is 1. The summed E-state index contributed by atoms with van der Waals surface area (Å²) in [5.74, 6) is 0.0542. The molecule has 0 saturated heterocycles. The fraction of sp³-hybridized carbons (Fsp3) is 0.0667. The predicted molar refractivity (Wildman–Crippen MR) is 84.2 cm³/mol. The third-order valence-corrected chi connectivity index (χ3v) is 3.86. The van der Waals surface area contributed by atoms with Gasteiger partial charge in [-0.15, -0.1) is 0 Å². The molecule has 0 N–H and O–H groups in total. The minimum Gasteiger partial charge on any atom is -0.282 e. The van der Waals surface area contributed by atoms with Crippen LogP contribution in [0.5, 0.6) is 0 Å². The number of benzene rings is 1. The molecule has 0 spiro atoms. The summed E-state index contributed by atoms with van der Waals surface area (Å²) in [6.45, 7) is 1.89. The first-order chi connectivity index (χ1) is 10.1. The van der Waals surface area contributed by atoms with Crippen molar-refractivity contribution in [3.05, 3.63) is 63.7 Å². The van der Waals surface area contributed by atoms with Crippen LogP contribution in [0.2, 0.25) is 5.02 Å². The van der Waals surface area contributed by atoms with Crippen LogP contribution >= 0.6 is 27.5 Å². The Hall–Kier alpha value is -1.72. The van der Waals surface area contributed by atoms with Crippen LogP contribution in [0.3, 0.4) is 0 Å². The van der Waals surface area contributed by atoms with E-state index < -0.39 is 5.82 Å². The van der Waals surface area contributed by atoms with Gasteiger partial charge in [0.25, 0.3) is 0 Å². The van der Waals surface area contributed by atoms with Gasteiger partial charge in [-0.2, -0.15) is 0 Å². The number of imidazole rings is 1. The third-order valence-electron chi connectivity index (χ3n) is 3.01. The Kier molecular flexibility index (Phi) is 3.78. The Morgan fingerprint density at radius 2 is 1.95 bits per heavy atom.